The van der Waals surface area contributed by atoms with Crippen molar-refractivity contribution in [2.24, 2.45) is 23.2 Å². The SMILES string of the molecule is O=C(OC(CS(=O)(=O)O)C(F)(F)F)C(I)C12CC3CC(CC(C3)C1)C2. The molecule has 0 aromatic heterocycles. The minimum absolute atomic E-state index is 0.347. The minimum atomic E-state index is -5.05. The van der Waals surface area contributed by atoms with Crippen LogP contribution in [0.5, 0.6) is 0 Å². The summed E-state index contributed by atoms with van der Waals surface area (Å²) in [4.78, 5) is 12.4. The van der Waals surface area contributed by atoms with E-state index in [4.69, 9.17) is 4.55 Å². The molecule has 144 valence electrons. The summed E-state index contributed by atoms with van der Waals surface area (Å²) >= 11 is 1.86. The maximum atomic E-state index is 13.0. The van der Waals surface area contributed by atoms with Crippen molar-refractivity contribution in [2.45, 2.75) is 54.7 Å². The zero-order chi connectivity index (χ0) is 18.6. The largest absolute Gasteiger partial charge is 0.451 e. The zero-order valence-electron chi connectivity index (χ0n) is 13.3. The smallest absolute Gasteiger partial charge is 0.426 e. The molecule has 5 nitrogen and oxygen atoms in total. The summed E-state index contributed by atoms with van der Waals surface area (Å²) in [6.45, 7) is 0. The Morgan fingerprint density at radius 1 is 1.16 bits per heavy atom. The van der Waals surface area contributed by atoms with Crippen LogP contribution in [0, 0.1) is 23.2 Å². The van der Waals surface area contributed by atoms with E-state index in [0.717, 1.165) is 38.5 Å². The second-order valence-corrected chi connectivity index (χ2v) is 10.6. The maximum Gasteiger partial charge on any atom is 0.426 e. The van der Waals surface area contributed by atoms with E-state index in [1.807, 2.05) is 22.6 Å². The van der Waals surface area contributed by atoms with Gasteiger partial charge in [0.15, 0.2) is 0 Å². The molecule has 4 aliphatic rings. The number of ether oxygens (including phenoxy) is 1. The molecule has 0 aromatic carbocycles. The molecule has 0 spiro atoms. The molecule has 4 aliphatic carbocycles. The summed E-state index contributed by atoms with van der Waals surface area (Å²) in [5, 5.41) is 0. The highest BCUT2D eigenvalue weighted by atomic mass is 127. The van der Waals surface area contributed by atoms with Crippen LogP contribution < -0.4 is 0 Å². The van der Waals surface area contributed by atoms with Gasteiger partial charge in [-0.25, -0.2) is 0 Å². The first kappa shape index (κ1) is 19.7. The summed E-state index contributed by atoms with van der Waals surface area (Å²) in [5.41, 5.74) is -0.347. The third-order valence-corrected chi connectivity index (χ3v) is 8.37. The number of halogens is 4. The van der Waals surface area contributed by atoms with E-state index in [-0.39, 0.29) is 5.41 Å². The highest BCUT2D eigenvalue weighted by Gasteiger charge is 2.56. The van der Waals surface area contributed by atoms with Crippen LogP contribution in [0.4, 0.5) is 13.2 Å². The number of alkyl halides is 4. The lowest BCUT2D eigenvalue weighted by Crippen LogP contribution is -2.53. The van der Waals surface area contributed by atoms with Crippen molar-refractivity contribution in [3.63, 3.8) is 0 Å². The molecule has 4 rings (SSSR count). The van der Waals surface area contributed by atoms with Gasteiger partial charge in [-0.1, -0.05) is 22.6 Å². The lowest BCUT2D eigenvalue weighted by atomic mass is 9.49. The fourth-order valence-electron chi connectivity index (χ4n) is 5.32. The van der Waals surface area contributed by atoms with Gasteiger partial charge >= 0.3 is 12.1 Å². The van der Waals surface area contributed by atoms with Crippen molar-refractivity contribution in [2.75, 3.05) is 5.75 Å². The summed E-state index contributed by atoms with van der Waals surface area (Å²) in [6.07, 6.45) is -2.06. The molecule has 4 fully saturated rings. The van der Waals surface area contributed by atoms with E-state index in [0.29, 0.717) is 17.8 Å². The molecule has 2 atom stereocenters. The molecule has 0 radical (unpaired) electrons. The van der Waals surface area contributed by atoms with Crippen LogP contribution in [0.3, 0.4) is 0 Å². The summed E-state index contributed by atoms with van der Waals surface area (Å²) < 4.78 is 73.1. The van der Waals surface area contributed by atoms with E-state index in [1.54, 1.807) is 0 Å². The van der Waals surface area contributed by atoms with Gasteiger partial charge in [0, 0.05) is 0 Å². The zero-order valence-corrected chi connectivity index (χ0v) is 16.3. The van der Waals surface area contributed by atoms with Crippen LogP contribution in [-0.2, 0) is 19.6 Å². The van der Waals surface area contributed by atoms with Crippen LogP contribution in [-0.4, -0.2) is 40.9 Å². The first-order valence-corrected chi connectivity index (χ1v) is 11.1. The second-order valence-electron chi connectivity index (χ2n) is 7.86. The Bertz CT molecular complexity index is 613. The number of esters is 1. The first-order valence-electron chi connectivity index (χ1n) is 8.24. The molecular weight excluding hydrogens is 476 g/mol. The predicted octanol–water partition coefficient (Wildman–Crippen LogP) is 3.37. The summed E-state index contributed by atoms with van der Waals surface area (Å²) in [7, 11) is -4.92. The van der Waals surface area contributed by atoms with Crippen molar-refractivity contribution in [1.29, 1.82) is 0 Å². The van der Waals surface area contributed by atoms with Gasteiger partial charge in [-0.15, -0.1) is 0 Å². The highest BCUT2D eigenvalue weighted by molar-refractivity contribution is 14.1. The Balaban J connectivity index is 1.73. The Hall–Kier alpha value is -0.100. The third-order valence-electron chi connectivity index (χ3n) is 5.82. The number of carbonyl (C=O) groups excluding carboxylic acids is 1. The summed E-state index contributed by atoms with van der Waals surface area (Å²) in [6, 6.07) is 0. The predicted molar refractivity (Wildman–Crippen MR) is 90.8 cm³/mol. The van der Waals surface area contributed by atoms with Gasteiger partial charge in [-0.05, 0) is 61.7 Å². The highest BCUT2D eigenvalue weighted by Crippen LogP contribution is 2.62. The van der Waals surface area contributed by atoms with Crippen LogP contribution >= 0.6 is 22.6 Å². The molecule has 0 saturated heterocycles. The molecule has 0 amide bonds. The van der Waals surface area contributed by atoms with Gasteiger partial charge < -0.3 is 4.74 Å². The van der Waals surface area contributed by atoms with Gasteiger partial charge in [0.1, 0.15) is 9.68 Å². The van der Waals surface area contributed by atoms with Crippen molar-refractivity contribution < 1.29 is 35.7 Å². The fraction of sp³-hybridized carbons (Fsp3) is 0.933. The molecule has 2 unspecified atom stereocenters. The van der Waals surface area contributed by atoms with Crippen LogP contribution in [0.1, 0.15) is 38.5 Å². The number of carbonyl (C=O) groups is 1. The van der Waals surface area contributed by atoms with Crippen LogP contribution in [0.15, 0.2) is 0 Å². The van der Waals surface area contributed by atoms with Crippen molar-refractivity contribution in [3.8, 4) is 0 Å². The quantitative estimate of drug-likeness (QED) is 0.273. The van der Waals surface area contributed by atoms with E-state index in [9.17, 15) is 26.4 Å². The lowest BCUT2D eigenvalue weighted by Gasteiger charge is -2.58. The molecular formula is C15H20F3IO5S. The molecule has 25 heavy (non-hydrogen) atoms. The van der Waals surface area contributed by atoms with E-state index < -0.39 is 38.0 Å². The second kappa shape index (κ2) is 6.50. The average molecular weight is 496 g/mol. The molecule has 0 aliphatic heterocycles. The van der Waals surface area contributed by atoms with Gasteiger partial charge in [0.2, 0.25) is 6.10 Å². The third kappa shape index (κ3) is 4.26. The van der Waals surface area contributed by atoms with Crippen molar-refractivity contribution in [1.82, 2.24) is 0 Å². The Kier molecular flexibility index (Phi) is 5.11. The Morgan fingerprint density at radius 3 is 1.96 bits per heavy atom. The topological polar surface area (TPSA) is 80.7 Å². The Labute approximate surface area is 157 Å². The van der Waals surface area contributed by atoms with Gasteiger partial charge in [-0.3, -0.25) is 9.35 Å². The number of rotatable bonds is 5. The molecule has 0 heterocycles. The van der Waals surface area contributed by atoms with Crippen molar-refractivity contribution in [3.05, 3.63) is 0 Å². The normalized spacial score (nSPS) is 36.9. The van der Waals surface area contributed by atoms with Gasteiger partial charge in [-0.2, -0.15) is 21.6 Å². The molecule has 10 heteroatoms. The molecule has 1 N–H and O–H groups in total. The fourth-order valence-corrected chi connectivity index (χ4v) is 6.87. The minimum Gasteiger partial charge on any atom is -0.451 e. The van der Waals surface area contributed by atoms with Gasteiger partial charge in [0.05, 0.1) is 0 Å². The lowest BCUT2D eigenvalue weighted by molar-refractivity contribution is -0.216. The maximum absolute atomic E-state index is 13.0. The van der Waals surface area contributed by atoms with E-state index in [1.165, 1.54) is 0 Å². The van der Waals surface area contributed by atoms with Crippen molar-refractivity contribution >= 4 is 38.7 Å². The van der Waals surface area contributed by atoms with Crippen LogP contribution in [0.25, 0.3) is 0 Å². The standard InChI is InChI=1S/C15H20F3IO5S/c16-15(17,18)11(7-25(21,22)23)24-13(20)12(19)14-4-8-1-9(5-14)3-10(2-8)6-14/h8-12H,1-7H2,(H,21,22,23). The molecule has 0 aromatic rings. The summed E-state index contributed by atoms with van der Waals surface area (Å²) in [5.74, 6) is -1.15. The molecule has 4 saturated carbocycles. The van der Waals surface area contributed by atoms with E-state index >= 15 is 0 Å². The van der Waals surface area contributed by atoms with Crippen LogP contribution in [0.2, 0.25) is 0 Å². The van der Waals surface area contributed by atoms with E-state index in [2.05, 4.69) is 4.74 Å². The number of hydrogen-bond acceptors (Lipinski definition) is 4. The number of hydrogen-bond donors (Lipinski definition) is 1. The monoisotopic (exact) mass is 496 g/mol. The van der Waals surface area contributed by atoms with Gasteiger partial charge in [0.25, 0.3) is 10.1 Å². The average Bonchev–Trinajstić information content (AvgIpc) is 2.41. The molecule has 4 bridgehead atoms. The first-order chi connectivity index (χ1) is 11.4. The Morgan fingerprint density at radius 2 is 1.60 bits per heavy atom.